The van der Waals surface area contributed by atoms with Crippen molar-refractivity contribution in [2.45, 2.75) is 13.5 Å². The first-order valence-electron chi connectivity index (χ1n) is 5.93. The number of hydrogen-bond donors (Lipinski definition) is 1. The second kappa shape index (κ2) is 6.06. The van der Waals surface area contributed by atoms with Gasteiger partial charge in [-0.3, -0.25) is 0 Å². The Morgan fingerprint density at radius 1 is 1.26 bits per heavy atom. The van der Waals surface area contributed by atoms with Gasteiger partial charge in [0.25, 0.3) is 0 Å². The fourth-order valence-corrected chi connectivity index (χ4v) is 2.33. The van der Waals surface area contributed by atoms with Crippen LogP contribution in [-0.4, -0.2) is 7.11 Å². The predicted molar refractivity (Wildman–Crippen MR) is 79.2 cm³/mol. The zero-order valence-electron chi connectivity index (χ0n) is 10.8. The summed E-state index contributed by atoms with van der Waals surface area (Å²) in [5, 5.41) is 3.23. The summed E-state index contributed by atoms with van der Waals surface area (Å²) in [6.45, 7) is 2.53. The smallest absolute Gasteiger partial charge is 0.139 e. The minimum atomic E-state index is -0.270. The maximum Gasteiger partial charge on any atom is 0.139 e. The van der Waals surface area contributed by atoms with Crippen LogP contribution < -0.4 is 10.1 Å². The van der Waals surface area contributed by atoms with Gasteiger partial charge in [0.05, 0.1) is 11.6 Å². The summed E-state index contributed by atoms with van der Waals surface area (Å²) in [6, 6.07) is 11.0. The van der Waals surface area contributed by atoms with Crippen molar-refractivity contribution in [3.05, 3.63) is 57.8 Å². The predicted octanol–water partition coefficient (Wildman–Crippen LogP) is 4.52. The van der Waals surface area contributed by atoms with Gasteiger partial charge in [-0.2, -0.15) is 0 Å². The number of methoxy groups -OCH3 is 1. The largest absolute Gasteiger partial charge is 0.496 e. The highest BCUT2D eigenvalue weighted by Crippen LogP contribution is 2.25. The van der Waals surface area contributed by atoms with E-state index in [2.05, 4.69) is 21.2 Å². The van der Waals surface area contributed by atoms with E-state index in [9.17, 15) is 4.39 Å². The normalized spacial score (nSPS) is 10.3. The van der Waals surface area contributed by atoms with Crippen LogP contribution in [0.1, 0.15) is 11.1 Å². The number of benzene rings is 2. The van der Waals surface area contributed by atoms with Gasteiger partial charge in [0.1, 0.15) is 11.6 Å². The first kappa shape index (κ1) is 13.9. The summed E-state index contributed by atoms with van der Waals surface area (Å²) < 4.78 is 19.3. The first-order chi connectivity index (χ1) is 9.11. The maximum atomic E-state index is 13.5. The van der Waals surface area contributed by atoms with E-state index < -0.39 is 0 Å². The van der Waals surface area contributed by atoms with Crippen molar-refractivity contribution in [3.63, 3.8) is 0 Å². The second-order valence-electron chi connectivity index (χ2n) is 4.25. The number of para-hydroxylation sites is 1. The van der Waals surface area contributed by atoms with Crippen LogP contribution in [0.25, 0.3) is 0 Å². The Kier molecular flexibility index (Phi) is 4.43. The van der Waals surface area contributed by atoms with Crippen LogP contribution in [-0.2, 0) is 6.54 Å². The molecule has 0 radical (unpaired) electrons. The maximum absolute atomic E-state index is 13.5. The third kappa shape index (κ3) is 3.26. The van der Waals surface area contributed by atoms with Crippen LogP contribution in [0.15, 0.2) is 40.9 Å². The number of aryl methyl sites for hydroxylation is 1. The molecule has 0 fully saturated rings. The third-order valence-electron chi connectivity index (χ3n) is 2.93. The molecule has 0 aliphatic rings. The Morgan fingerprint density at radius 2 is 2.00 bits per heavy atom. The van der Waals surface area contributed by atoms with Gasteiger partial charge in [-0.1, -0.05) is 18.2 Å². The Hall–Kier alpha value is -1.55. The van der Waals surface area contributed by atoms with E-state index in [0.29, 0.717) is 11.0 Å². The summed E-state index contributed by atoms with van der Waals surface area (Å²) in [5.74, 6) is 0.554. The van der Waals surface area contributed by atoms with E-state index in [4.69, 9.17) is 4.74 Å². The SMILES string of the molecule is COc1ccccc1CNc1cc(F)c(Br)cc1C. The monoisotopic (exact) mass is 323 g/mol. The molecule has 2 aromatic carbocycles. The van der Waals surface area contributed by atoms with E-state index in [0.717, 1.165) is 22.6 Å². The van der Waals surface area contributed by atoms with Crippen LogP contribution in [0.2, 0.25) is 0 Å². The van der Waals surface area contributed by atoms with Crippen LogP contribution in [0.3, 0.4) is 0 Å². The van der Waals surface area contributed by atoms with Gasteiger partial charge in [0, 0.05) is 17.8 Å². The lowest BCUT2D eigenvalue weighted by Gasteiger charge is -2.13. The van der Waals surface area contributed by atoms with Gasteiger partial charge in [-0.05, 0) is 46.6 Å². The van der Waals surface area contributed by atoms with Crippen molar-refractivity contribution in [1.82, 2.24) is 0 Å². The molecule has 0 aliphatic carbocycles. The molecule has 2 rings (SSSR count). The summed E-state index contributed by atoms with van der Waals surface area (Å²) in [7, 11) is 1.64. The first-order valence-corrected chi connectivity index (χ1v) is 6.72. The van der Waals surface area contributed by atoms with Gasteiger partial charge >= 0.3 is 0 Å². The molecule has 1 N–H and O–H groups in total. The number of hydrogen-bond acceptors (Lipinski definition) is 2. The van der Waals surface area contributed by atoms with Crippen molar-refractivity contribution < 1.29 is 9.13 Å². The lowest BCUT2D eigenvalue weighted by molar-refractivity contribution is 0.410. The molecule has 0 aliphatic heterocycles. The zero-order chi connectivity index (χ0) is 13.8. The van der Waals surface area contributed by atoms with Crippen molar-refractivity contribution >= 4 is 21.6 Å². The summed E-state index contributed by atoms with van der Waals surface area (Å²) >= 11 is 3.18. The minimum Gasteiger partial charge on any atom is -0.496 e. The van der Waals surface area contributed by atoms with E-state index in [1.54, 1.807) is 13.2 Å². The fraction of sp³-hybridized carbons (Fsp3) is 0.200. The lowest BCUT2D eigenvalue weighted by Crippen LogP contribution is -2.03. The molecule has 0 unspecified atom stereocenters. The van der Waals surface area contributed by atoms with E-state index in [-0.39, 0.29) is 5.82 Å². The number of ether oxygens (including phenoxy) is 1. The molecule has 0 atom stereocenters. The minimum absolute atomic E-state index is 0.270. The molecule has 2 aromatic rings. The molecule has 0 heterocycles. The molecule has 100 valence electrons. The lowest BCUT2D eigenvalue weighted by atomic mass is 10.1. The number of halogens is 2. The van der Waals surface area contributed by atoms with Crippen molar-refractivity contribution in [2.24, 2.45) is 0 Å². The fourth-order valence-electron chi connectivity index (χ4n) is 1.88. The highest BCUT2D eigenvalue weighted by Gasteiger charge is 2.06. The standard InChI is InChI=1S/C15H15BrFNO/c1-10-7-12(16)13(17)8-14(10)18-9-11-5-3-4-6-15(11)19-2/h3-8,18H,9H2,1-2H3. The third-order valence-corrected chi connectivity index (χ3v) is 3.54. The average molecular weight is 324 g/mol. The Bertz CT molecular complexity index is 586. The Labute approximate surface area is 120 Å². The molecule has 4 heteroatoms. The molecule has 0 spiro atoms. The Morgan fingerprint density at radius 3 is 2.74 bits per heavy atom. The summed E-state index contributed by atoms with van der Waals surface area (Å²) in [6.07, 6.45) is 0. The highest BCUT2D eigenvalue weighted by molar-refractivity contribution is 9.10. The molecule has 0 bridgehead atoms. The quantitative estimate of drug-likeness (QED) is 0.893. The molecule has 2 nitrogen and oxygen atoms in total. The Balaban J connectivity index is 2.17. The molecular weight excluding hydrogens is 309 g/mol. The summed E-state index contributed by atoms with van der Waals surface area (Å²) in [5.41, 5.74) is 2.81. The highest BCUT2D eigenvalue weighted by atomic mass is 79.9. The van der Waals surface area contributed by atoms with Crippen LogP contribution >= 0.6 is 15.9 Å². The van der Waals surface area contributed by atoms with Gasteiger partial charge in [0.15, 0.2) is 0 Å². The van der Waals surface area contributed by atoms with Crippen LogP contribution in [0, 0.1) is 12.7 Å². The van der Waals surface area contributed by atoms with Crippen LogP contribution in [0.4, 0.5) is 10.1 Å². The molecule has 0 saturated heterocycles. The average Bonchev–Trinajstić information content (AvgIpc) is 2.41. The van der Waals surface area contributed by atoms with Gasteiger partial charge in [-0.25, -0.2) is 4.39 Å². The van der Waals surface area contributed by atoms with Gasteiger partial charge in [0.2, 0.25) is 0 Å². The van der Waals surface area contributed by atoms with Crippen molar-refractivity contribution in [2.75, 3.05) is 12.4 Å². The summed E-state index contributed by atoms with van der Waals surface area (Å²) in [4.78, 5) is 0. The number of nitrogens with one attached hydrogen (secondary N) is 1. The molecule has 0 saturated carbocycles. The number of rotatable bonds is 4. The topological polar surface area (TPSA) is 21.3 Å². The molecular formula is C15H15BrFNO. The van der Waals surface area contributed by atoms with Gasteiger partial charge < -0.3 is 10.1 Å². The molecule has 0 aromatic heterocycles. The molecule has 0 amide bonds. The van der Waals surface area contributed by atoms with Crippen molar-refractivity contribution in [1.29, 1.82) is 0 Å². The van der Waals surface area contributed by atoms with E-state index in [1.165, 1.54) is 6.07 Å². The van der Waals surface area contributed by atoms with E-state index >= 15 is 0 Å². The van der Waals surface area contributed by atoms with E-state index in [1.807, 2.05) is 31.2 Å². The van der Waals surface area contributed by atoms with Crippen LogP contribution in [0.5, 0.6) is 5.75 Å². The number of anilines is 1. The second-order valence-corrected chi connectivity index (χ2v) is 5.10. The van der Waals surface area contributed by atoms with Gasteiger partial charge in [-0.15, -0.1) is 0 Å². The zero-order valence-corrected chi connectivity index (χ0v) is 12.4. The van der Waals surface area contributed by atoms with Crippen molar-refractivity contribution in [3.8, 4) is 5.75 Å². The molecule has 19 heavy (non-hydrogen) atoms.